The quantitative estimate of drug-likeness (QED) is 0.628. The number of nitrogens with two attached hydrogens (primary N) is 1. The molecule has 1 aromatic heterocycles. The lowest BCUT2D eigenvalue weighted by Gasteiger charge is -2.23. The largest absolute Gasteiger partial charge is 0.384 e. The molecule has 2 heterocycles. The average Bonchev–Trinajstić information content (AvgIpc) is 2.73. The van der Waals surface area contributed by atoms with Gasteiger partial charge in [0, 0.05) is 31.4 Å². The van der Waals surface area contributed by atoms with Gasteiger partial charge in [0.05, 0.1) is 0 Å². The van der Waals surface area contributed by atoms with Gasteiger partial charge in [0.1, 0.15) is 11.7 Å². The zero-order chi connectivity index (χ0) is 14.0. The third kappa shape index (κ3) is 3.44. The molecule has 1 atom stereocenters. The van der Waals surface area contributed by atoms with Crippen molar-refractivity contribution in [1.29, 1.82) is 5.41 Å². The van der Waals surface area contributed by atoms with Crippen LogP contribution in [0.25, 0.3) is 0 Å². The van der Waals surface area contributed by atoms with Crippen molar-refractivity contribution in [2.45, 2.75) is 13.3 Å². The molecule has 1 saturated heterocycles. The number of anilines is 1. The van der Waals surface area contributed by atoms with Crippen LogP contribution in [0.1, 0.15) is 17.7 Å². The van der Waals surface area contributed by atoms with Crippen LogP contribution in [-0.2, 0) is 0 Å². The number of aryl methyl sites for hydroxylation is 1. The molecular formula is C14H23N5. The SMILES string of the molecule is Cc1cc(C(=N)N)cc(N(C)CC2CCN(C)C2)n1. The molecule has 5 nitrogen and oxygen atoms in total. The average molecular weight is 261 g/mol. The van der Waals surface area contributed by atoms with Crippen molar-refractivity contribution >= 4 is 11.7 Å². The Morgan fingerprint density at radius 1 is 1.58 bits per heavy atom. The lowest BCUT2D eigenvalue weighted by atomic mass is 10.1. The third-order valence-electron chi connectivity index (χ3n) is 3.66. The van der Waals surface area contributed by atoms with Gasteiger partial charge < -0.3 is 15.5 Å². The molecule has 19 heavy (non-hydrogen) atoms. The topological polar surface area (TPSA) is 69.2 Å². The highest BCUT2D eigenvalue weighted by Crippen LogP contribution is 2.19. The molecule has 3 N–H and O–H groups in total. The van der Waals surface area contributed by atoms with Crippen molar-refractivity contribution in [3.63, 3.8) is 0 Å². The second kappa shape index (κ2) is 5.57. The van der Waals surface area contributed by atoms with Crippen molar-refractivity contribution in [3.05, 3.63) is 23.4 Å². The molecule has 104 valence electrons. The first-order valence-electron chi connectivity index (χ1n) is 6.68. The molecule has 1 aliphatic rings. The molecule has 0 saturated carbocycles. The second-order valence-electron chi connectivity index (χ2n) is 5.57. The molecule has 0 aromatic carbocycles. The van der Waals surface area contributed by atoms with E-state index in [1.165, 1.54) is 13.0 Å². The third-order valence-corrected chi connectivity index (χ3v) is 3.66. The Balaban J connectivity index is 2.10. The second-order valence-corrected chi connectivity index (χ2v) is 5.57. The Hall–Kier alpha value is -1.62. The fourth-order valence-electron chi connectivity index (χ4n) is 2.66. The summed E-state index contributed by atoms with van der Waals surface area (Å²) in [5.74, 6) is 1.69. The summed E-state index contributed by atoms with van der Waals surface area (Å²) in [5, 5.41) is 7.54. The zero-order valence-corrected chi connectivity index (χ0v) is 12.0. The monoisotopic (exact) mass is 261 g/mol. The number of hydrogen-bond acceptors (Lipinski definition) is 4. The molecule has 0 aliphatic carbocycles. The Morgan fingerprint density at radius 2 is 2.32 bits per heavy atom. The van der Waals surface area contributed by atoms with E-state index < -0.39 is 0 Å². The predicted octanol–water partition coefficient (Wildman–Crippen LogP) is 1.06. The number of nitrogens with one attached hydrogen (secondary N) is 1. The van der Waals surface area contributed by atoms with Gasteiger partial charge in [-0.25, -0.2) is 4.98 Å². The molecule has 1 aromatic rings. The van der Waals surface area contributed by atoms with Crippen LogP contribution in [0, 0.1) is 18.3 Å². The molecule has 1 unspecified atom stereocenters. The van der Waals surface area contributed by atoms with Gasteiger partial charge in [-0.1, -0.05) is 0 Å². The molecule has 0 radical (unpaired) electrons. The highest BCUT2D eigenvalue weighted by atomic mass is 15.2. The maximum Gasteiger partial charge on any atom is 0.129 e. The smallest absolute Gasteiger partial charge is 0.129 e. The van der Waals surface area contributed by atoms with Gasteiger partial charge in [-0.3, -0.25) is 5.41 Å². The number of pyridine rings is 1. The van der Waals surface area contributed by atoms with E-state index in [-0.39, 0.29) is 5.84 Å². The first-order valence-corrected chi connectivity index (χ1v) is 6.68. The van der Waals surface area contributed by atoms with Gasteiger partial charge in [0.15, 0.2) is 0 Å². The number of hydrogen-bond donors (Lipinski definition) is 2. The van der Waals surface area contributed by atoms with Gasteiger partial charge in [0.2, 0.25) is 0 Å². The minimum Gasteiger partial charge on any atom is -0.384 e. The van der Waals surface area contributed by atoms with E-state index in [1.807, 2.05) is 19.1 Å². The van der Waals surface area contributed by atoms with Crippen molar-refractivity contribution in [1.82, 2.24) is 9.88 Å². The normalized spacial score (nSPS) is 19.6. The summed E-state index contributed by atoms with van der Waals surface area (Å²) in [6.45, 7) is 5.26. The van der Waals surface area contributed by atoms with Crippen molar-refractivity contribution < 1.29 is 0 Å². The number of aromatic nitrogens is 1. The number of amidine groups is 1. The van der Waals surface area contributed by atoms with E-state index >= 15 is 0 Å². The first kappa shape index (κ1) is 13.8. The molecule has 0 amide bonds. The summed E-state index contributed by atoms with van der Waals surface area (Å²) in [6.07, 6.45) is 1.24. The highest BCUT2D eigenvalue weighted by molar-refractivity contribution is 5.95. The summed E-state index contributed by atoms with van der Waals surface area (Å²) >= 11 is 0. The van der Waals surface area contributed by atoms with Crippen LogP contribution in [0.2, 0.25) is 0 Å². The Bertz CT molecular complexity index is 471. The van der Waals surface area contributed by atoms with Gasteiger partial charge in [-0.2, -0.15) is 0 Å². The van der Waals surface area contributed by atoms with Crippen molar-refractivity contribution in [2.24, 2.45) is 11.7 Å². The lowest BCUT2D eigenvalue weighted by molar-refractivity contribution is 0.395. The molecule has 5 heteroatoms. The Morgan fingerprint density at radius 3 is 2.89 bits per heavy atom. The highest BCUT2D eigenvalue weighted by Gasteiger charge is 2.21. The minimum atomic E-state index is 0.0979. The molecule has 0 bridgehead atoms. The van der Waals surface area contributed by atoms with Crippen LogP contribution in [0.3, 0.4) is 0 Å². The Kier molecular flexibility index (Phi) is 4.04. The predicted molar refractivity (Wildman–Crippen MR) is 78.9 cm³/mol. The molecule has 0 spiro atoms. The first-order chi connectivity index (χ1) is 8.95. The maximum absolute atomic E-state index is 7.54. The summed E-state index contributed by atoms with van der Waals surface area (Å²) in [4.78, 5) is 9.07. The molecule has 1 fully saturated rings. The van der Waals surface area contributed by atoms with E-state index in [0.29, 0.717) is 5.92 Å². The molecule has 1 aliphatic heterocycles. The van der Waals surface area contributed by atoms with Crippen LogP contribution in [0.4, 0.5) is 5.82 Å². The van der Waals surface area contributed by atoms with E-state index in [4.69, 9.17) is 11.1 Å². The number of rotatable bonds is 4. The summed E-state index contributed by atoms with van der Waals surface area (Å²) in [7, 11) is 4.22. The van der Waals surface area contributed by atoms with Crippen molar-refractivity contribution in [3.8, 4) is 0 Å². The van der Waals surface area contributed by atoms with Crippen LogP contribution < -0.4 is 10.6 Å². The van der Waals surface area contributed by atoms with E-state index in [9.17, 15) is 0 Å². The summed E-state index contributed by atoms with van der Waals surface area (Å²) in [6, 6.07) is 3.75. The standard InChI is InChI=1S/C14H23N5/c1-10-6-12(14(15)16)7-13(17-10)19(3)9-11-4-5-18(2)8-11/h6-7,11H,4-5,8-9H2,1-3H3,(H3,15,16). The maximum atomic E-state index is 7.54. The van der Waals surface area contributed by atoms with Crippen LogP contribution >= 0.6 is 0 Å². The Labute approximate surface area is 114 Å². The number of likely N-dealkylation sites (tertiary alicyclic amines) is 1. The molecule has 2 rings (SSSR count). The van der Waals surface area contributed by atoms with Crippen LogP contribution in [-0.4, -0.2) is 49.4 Å². The van der Waals surface area contributed by atoms with E-state index in [2.05, 4.69) is 28.9 Å². The fourth-order valence-corrected chi connectivity index (χ4v) is 2.66. The fraction of sp³-hybridized carbons (Fsp3) is 0.571. The van der Waals surface area contributed by atoms with Gasteiger partial charge >= 0.3 is 0 Å². The summed E-state index contributed by atoms with van der Waals surface area (Å²) in [5.41, 5.74) is 7.21. The van der Waals surface area contributed by atoms with Gasteiger partial charge in [-0.15, -0.1) is 0 Å². The van der Waals surface area contributed by atoms with E-state index in [1.54, 1.807) is 0 Å². The van der Waals surface area contributed by atoms with Crippen LogP contribution in [0.15, 0.2) is 12.1 Å². The van der Waals surface area contributed by atoms with Gasteiger partial charge in [-0.05, 0) is 45.0 Å². The minimum absolute atomic E-state index is 0.0979. The zero-order valence-electron chi connectivity index (χ0n) is 12.0. The van der Waals surface area contributed by atoms with E-state index in [0.717, 1.165) is 30.2 Å². The number of nitrogens with zero attached hydrogens (tertiary/aromatic N) is 3. The van der Waals surface area contributed by atoms with Crippen LogP contribution in [0.5, 0.6) is 0 Å². The summed E-state index contributed by atoms with van der Waals surface area (Å²) < 4.78 is 0. The lowest BCUT2D eigenvalue weighted by Crippen LogP contribution is -2.28. The molecular weight excluding hydrogens is 238 g/mol. The number of nitrogen functional groups attached to an aromatic ring is 1. The van der Waals surface area contributed by atoms with Crippen molar-refractivity contribution in [2.75, 3.05) is 38.6 Å². The van der Waals surface area contributed by atoms with Gasteiger partial charge in [0.25, 0.3) is 0 Å².